The molecule has 1 aromatic carbocycles. The van der Waals surface area contributed by atoms with Crippen molar-refractivity contribution in [1.82, 2.24) is 9.97 Å². The fourth-order valence-corrected chi connectivity index (χ4v) is 3.08. The van der Waals surface area contributed by atoms with Crippen molar-refractivity contribution in [2.45, 2.75) is 18.9 Å². The quantitative estimate of drug-likeness (QED) is 0.923. The molecule has 1 aromatic heterocycles. The van der Waals surface area contributed by atoms with Crippen molar-refractivity contribution >= 4 is 17.5 Å². The molecule has 1 saturated heterocycles. The molecule has 1 N–H and O–H groups in total. The minimum Gasteiger partial charge on any atom is -0.366 e. The number of piperidine rings is 1. The lowest BCUT2D eigenvalue weighted by Gasteiger charge is -2.35. The molecule has 0 saturated carbocycles. The number of nitriles is 1. The minimum absolute atomic E-state index is 0.129. The van der Waals surface area contributed by atoms with Crippen LogP contribution >= 0.6 is 0 Å². The lowest BCUT2D eigenvalue weighted by Crippen LogP contribution is -2.43. The molecule has 1 unspecified atom stereocenters. The summed E-state index contributed by atoms with van der Waals surface area (Å²) in [6, 6.07) is 8.68. The van der Waals surface area contributed by atoms with Gasteiger partial charge >= 0.3 is 0 Å². The predicted octanol–water partition coefficient (Wildman–Crippen LogP) is 2.63. The maximum atomic E-state index is 14.3. The van der Waals surface area contributed by atoms with Crippen LogP contribution in [0.5, 0.6) is 0 Å². The Morgan fingerprint density at radius 1 is 1.36 bits per heavy atom. The molecule has 1 fully saturated rings. The first-order valence-electron chi connectivity index (χ1n) is 8.29. The third kappa shape index (κ3) is 3.79. The Bertz CT molecular complexity index is 785. The van der Waals surface area contributed by atoms with Crippen LogP contribution in [0.1, 0.15) is 18.4 Å². The highest BCUT2D eigenvalue weighted by Crippen LogP contribution is 2.27. The van der Waals surface area contributed by atoms with E-state index >= 15 is 0 Å². The number of benzene rings is 1. The summed E-state index contributed by atoms with van der Waals surface area (Å²) in [7, 11) is 3.78. The van der Waals surface area contributed by atoms with Crippen LogP contribution in [0.15, 0.2) is 30.5 Å². The van der Waals surface area contributed by atoms with E-state index < -0.39 is 0 Å². The highest BCUT2D eigenvalue weighted by atomic mass is 19.1. The Balaban J connectivity index is 1.76. The van der Waals surface area contributed by atoms with Crippen molar-refractivity contribution in [2.24, 2.45) is 0 Å². The molecule has 1 aliphatic heterocycles. The number of nitrogens with zero attached hydrogens (tertiary/aromatic N) is 5. The number of para-hydroxylation sites is 1. The summed E-state index contributed by atoms with van der Waals surface area (Å²) in [6.07, 6.45) is 3.60. The number of aromatic nitrogens is 2. The van der Waals surface area contributed by atoms with E-state index in [1.54, 1.807) is 18.3 Å². The van der Waals surface area contributed by atoms with E-state index in [0.29, 0.717) is 23.7 Å². The molecule has 25 heavy (non-hydrogen) atoms. The zero-order valence-electron chi connectivity index (χ0n) is 14.4. The van der Waals surface area contributed by atoms with Crippen LogP contribution in [0.4, 0.5) is 21.8 Å². The maximum Gasteiger partial charge on any atom is 0.226 e. The first-order valence-corrected chi connectivity index (χ1v) is 8.29. The zero-order chi connectivity index (χ0) is 17.8. The Kier molecular flexibility index (Phi) is 4.98. The van der Waals surface area contributed by atoms with Crippen molar-refractivity contribution < 1.29 is 4.39 Å². The lowest BCUT2D eigenvalue weighted by molar-refractivity contribution is 0.517. The van der Waals surface area contributed by atoms with E-state index in [9.17, 15) is 9.65 Å². The van der Waals surface area contributed by atoms with Crippen LogP contribution < -0.4 is 15.1 Å². The van der Waals surface area contributed by atoms with Crippen LogP contribution in [0.3, 0.4) is 0 Å². The predicted molar refractivity (Wildman–Crippen MR) is 96.3 cm³/mol. The van der Waals surface area contributed by atoms with Gasteiger partial charge in [-0.25, -0.2) is 9.37 Å². The average Bonchev–Trinajstić information content (AvgIpc) is 2.62. The van der Waals surface area contributed by atoms with E-state index in [1.807, 2.05) is 30.0 Å². The Labute approximate surface area is 146 Å². The molecule has 1 atom stereocenters. The van der Waals surface area contributed by atoms with Gasteiger partial charge in [0.25, 0.3) is 0 Å². The van der Waals surface area contributed by atoms with E-state index in [4.69, 9.17) is 0 Å². The van der Waals surface area contributed by atoms with Gasteiger partial charge in [-0.05, 0) is 31.0 Å². The van der Waals surface area contributed by atoms with E-state index in [-0.39, 0.29) is 11.9 Å². The Hall–Kier alpha value is -2.88. The van der Waals surface area contributed by atoms with Gasteiger partial charge in [-0.1, -0.05) is 6.07 Å². The molecule has 6 nitrogen and oxygen atoms in total. The third-order valence-electron chi connectivity index (χ3n) is 4.24. The lowest BCUT2D eigenvalue weighted by atomic mass is 10.0. The topological polar surface area (TPSA) is 68.1 Å². The maximum absolute atomic E-state index is 14.3. The number of nitrogens with one attached hydrogen (secondary N) is 1. The number of hydrogen-bond acceptors (Lipinski definition) is 6. The van der Waals surface area contributed by atoms with Gasteiger partial charge in [0.05, 0.1) is 11.3 Å². The standard InChI is InChI=1S/C18H21FN6/c1-24(2)18-21-9-8-16(23-18)22-14-6-4-10-25(12-14)17-13(11-20)5-3-7-15(17)19/h3,5,7-9,14H,4,6,10,12H2,1-2H3,(H,21,22,23). The molecule has 1 aliphatic rings. The average molecular weight is 340 g/mol. The summed E-state index contributed by atoms with van der Waals surface area (Å²) in [4.78, 5) is 12.5. The fourth-order valence-electron chi connectivity index (χ4n) is 3.08. The molecular weight excluding hydrogens is 319 g/mol. The molecule has 3 rings (SSSR count). The molecule has 0 bridgehead atoms. The summed E-state index contributed by atoms with van der Waals surface area (Å²) in [5.74, 6) is 1.04. The SMILES string of the molecule is CN(C)c1nccc(NC2CCCN(c3c(F)cccc3C#N)C2)n1. The van der Waals surface area contributed by atoms with Gasteiger partial charge in [-0.15, -0.1) is 0 Å². The van der Waals surface area contributed by atoms with Gasteiger partial charge in [0, 0.05) is 39.4 Å². The van der Waals surface area contributed by atoms with Gasteiger partial charge in [0.1, 0.15) is 17.7 Å². The molecular formula is C18H21FN6. The van der Waals surface area contributed by atoms with Crippen LogP contribution in [0.2, 0.25) is 0 Å². The van der Waals surface area contributed by atoms with E-state index in [1.165, 1.54) is 6.07 Å². The monoisotopic (exact) mass is 340 g/mol. The summed E-state index contributed by atoms with van der Waals surface area (Å²) < 4.78 is 14.3. The van der Waals surface area contributed by atoms with Gasteiger partial charge in [0.15, 0.2) is 0 Å². The van der Waals surface area contributed by atoms with Crippen LogP contribution in [-0.2, 0) is 0 Å². The molecule has 0 radical (unpaired) electrons. The van der Waals surface area contributed by atoms with Crippen LogP contribution in [0, 0.1) is 17.1 Å². The molecule has 0 amide bonds. The van der Waals surface area contributed by atoms with Gasteiger partial charge in [-0.2, -0.15) is 10.2 Å². The van der Waals surface area contributed by atoms with E-state index in [0.717, 1.165) is 25.2 Å². The highest BCUT2D eigenvalue weighted by Gasteiger charge is 2.24. The second-order valence-electron chi connectivity index (χ2n) is 6.31. The first-order chi connectivity index (χ1) is 12.1. The van der Waals surface area contributed by atoms with Crippen molar-refractivity contribution in [2.75, 3.05) is 42.3 Å². The highest BCUT2D eigenvalue weighted by molar-refractivity contribution is 5.61. The molecule has 130 valence electrons. The normalized spacial score (nSPS) is 17.0. The molecule has 2 aromatic rings. The van der Waals surface area contributed by atoms with Crippen molar-refractivity contribution in [3.8, 4) is 6.07 Å². The van der Waals surface area contributed by atoms with E-state index in [2.05, 4.69) is 21.4 Å². The van der Waals surface area contributed by atoms with Gasteiger partial charge in [-0.3, -0.25) is 0 Å². The second kappa shape index (κ2) is 7.34. The second-order valence-corrected chi connectivity index (χ2v) is 6.31. The summed E-state index contributed by atoms with van der Waals surface area (Å²) >= 11 is 0. The number of hydrogen-bond donors (Lipinski definition) is 1. The number of halogens is 1. The summed E-state index contributed by atoms with van der Waals surface area (Å²) in [5, 5.41) is 12.7. The van der Waals surface area contributed by atoms with Crippen LogP contribution in [0.25, 0.3) is 0 Å². The number of rotatable bonds is 4. The van der Waals surface area contributed by atoms with Crippen LogP contribution in [-0.4, -0.2) is 43.2 Å². The Morgan fingerprint density at radius 2 is 2.20 bits per heavy atom. The molecule has 7 heteroatoms. The molecule has 0 aliphatic carbocycles. The largest absolute Gasteiger partial charge is 0.366 e. The summed E-state index contributed by atoms with van der Waals surface area (Å²) in [5.41, 5.74) is 0.769. The van der Waals surface area contributed by atoms with Crippen molar-refractivity contribution in [3.63, 3.8) is 0 Å². The zero-order valence-corrected chi connectivity index (χ0v) is 14.4. The molecule has 0 spiro atoms. The van der Waals surface area contributed by atoms with Crippen molar-refractivity contribution in [1.29, 1.82) is 5.26 Å². The molecule has 2 heterocycles. The minimum atomic E-state index is -0.350. The van der Waals surface area contributed by atoms with Gasteiger partial charge in [0.2, 0.25) is 5.95 Å². The van der Waals surface area contributed by atoms with Crippen molar-refractivity contribution in [3.05, 3.63) is 41.8 Å². The number of anilines is 3. The fraction of sp³-hybridized carbons (Fsp3) is 0.389. The first kappa shape index (κ1) is 17.0. The smallest absolute Gasteiger partial charge is 0.226 e. The Morgan fingerprint density at radius 3 is 2.96 bits per heavy atom. The summed E-state index contributed by atoms with van der Waals surface area (Å²) in [6.45, 7) is 1.36. The third-order valence-corrected chi connectivity index (χ3v) is 4.24. The van der Waals surface area contributed by atoms with Gasteiger partial charge < -0.3 is 15.1 Å².